The Morgan fingerprint density at radius 3 is 2.45 bits per heavy atom. The number of carbonyl (C=O) groups is 1. The van der Waals surface area contributed by atoms with Gasteiger partial charge in [0.2, 0.25) is 0 Å². The van der Waals surface area contributed by atoms with Crippen molar-refractivity contribution in [3.05, 3.63) is 65.5 Å². The van der Waals surface area contributed by atoms with Gasteiger partial charge in [0.25, 0.3) is 5.91 Å². The van der Waals surface area contributed by atoms with Crippen molar-refractivity contribution in [3.8, 4) is 0 Å². The smallest absolute Gasteiger partial charge is 0.252 e. The van der Waals surface area contributed by atoms with Crippen molar-refractivity contribution in [2.24, 2.45) is 0 Å². The molecule has 0 heterocycles. The minimum absolute atomic E-state index is 0.0118. The van der Waals surface area contributed by atoms with E-state index in [1.807, 2.05) is 30.3 Å². The van der Waals surface area contributed by atoms with E-state index in [0.29, 0.717) is 5.56 Å². The van der Waals surface area contributed by atoms with Gasteiger partial charge >= 0.3 is 0 Å². The average Bonchev–Trinajstić information content (AvgIpc) is 3.23. The first-order valence-electron chi connectivity index (χ1n) is 6.54. The molecular formula is C16H15FN2O. The molecule has 0 saturated heterocycles. The summed E-state index contributed by atoms with van der Waals surface area (Å²) in [4.78, 5) is 12.2. The van der Waals surface area contributed by atoms with E-state index in [2.05, 4.69) is 5.32 Å². The van der Waals surface area contributed by atoms with Gasteiger partial charge in [-0.05, 0) is 36.6 Å². The van der Waals surface area contributed by atoms with E-state index in [4.69, 9.17) is 5.73 Å². The molecule has 1 fully saturated rings. The van der Waals surface area contributed by atoms with E-state index in [1.165, 1.54) is 18.2 Å². The first-order chi connectivity index (χ1) is 9.61. The molecule has 3 nitrogen and oxygen atoms in total. The van der Waals surface area contributed by atoms with Crippen LogP contribution in [0.3, 0.4) is 0 Å². The molecule has 1 aliphatic carbocycles. The number of anilines is 1. The summed E-state index contributed by atoms with van der Waals surface area (Å²) in [6, 6.07) is 13.9. The lowest BCUT2D eigenvalue weighted by molar-refractivity contribution is 0.0931. The van der Waals surface area contributed by atoms with Crippen molar-refractivity contribution in [1.29, 1.82) is 0 Å². The van der Waals surface area contributed by atoms with Crippen LogP contribution in [0, 0.1) is 5.82 Å². The highest BCUT2D eigenvalue weighted by Crippen LogP contribution is 2.45. The molecule has 3 rings (SSSR count). The van der Waals surface area contributed by atoms with Gasteiger partial charge < -0.3 is 11.1 Å². The molecule has 102 valence electrons. The molecule has 0 aromatic heterocycles. The minimum atomic E-state index is -0.509. The van der Waals surface area contributed by atoms with Crippen LogP contribution in [0.15, 0.2) is 48.5 Å². The zero-order chi connectivity index (χ0) is 14.2. The summed E-state index contributed by atoms with van der Waals surface area (Å²) in [6.45, 7) is 0. The maximum Gasteiger partial charge on any atom is 0.252 e. The number of halogens is 1. The Morgan fingerprint density at radius 1 is 1.15 bits per heavy atom. The predicted octanol–water partition coefficient (Wildman–Crippen LogP) is 2.83. The molecule has 0 radical (unpaired) electrons. The number of nitrogen functional groups attached to an aromatic ring is 1. The summed E-state index contributed by atoms with van der Waals surface area (Å²) in [5.41, 5.74) is 6.69. The van der Waals surface area contributed by atoms with Crippen molar-refractivity contribution < 1.29 is 9.18 Å². The number of nitrogens with two attached hydrogens (primary N) is 1. The topological polar surface area (TPSA) is 55.1 Å². The standard InChI is InChI=1S/C16H15FN2O/c17-13-7-6-11(10-14(13)18)15(20)19-16(8-9-16)12-4-2-1-3-5-12/h1-7,10H,8-9,18H2,(H,19,20). The van der Waals surface area contributed by atoms with Crippen LogP contribution >= 0.6 is 0 Å². The van der Waals surface area contributed by atoms with Gasteiger partial charge in [0.05, 0.1) is 11.2 Å². The lowest BCUT2D eigenvalue weighted by atomic mass is 10.0. The van der Waals surface area contributed by atoms with E-state index in [-0.39, 0.29) is 17.1 Å². The number of hydrogen-bond acceptors (Lipinski definition) is 2. The Bertz CT molecular complexity index is 651. The second-order valence-electron chi connectivity index (χ2n) is 5.14. The van der Waals surface area contributed by atoms with E-state index in [9.17, 15) is 9.18 Å². The van der Waals surface area contributed by atoms with Crippen LogP contribution < -0.4 is 11.1 Å². The number of rotatable bonds is 3. The van der Waals surface area contributed by atoms with Crippen molar-refractivity contribution in [3.63, 3.8) is 0 Å². The van der Waals surface area contributed by atoms with Gasteiger partial charge in [-0.1, -0.05) is 30.3 Å². The van der Waals surface area contributed by atoms with Gasteiger partial charge in [-0.3, -0.25) is 4.79 Å². The Balaban J connectivity index is 1.81. The quantitative estimate of drug-likeness (QED) is 0.843. The highest BCUT2D eigenvalue weighted by molar-refractivity contribution is 5.95. The summed E-state index contributed by atoms with van der Waals surface area (Å²) in [7, 11) is 0. The zero-order valence-corrected chi connectivity index (χ0v) is 10.9. The number of benzene rings is 2. The fourth-order valence-corrected chi connectivity index (χ4v) is 2.34. The van der Waals surface area contributed by atoms with Gasteiger partial charge in [-0.2, -0.15) is 0 Å². The normalized spacial score (nSPS) is 15.7. The summed E-state index contributed by atoms with van der Waals surface area (Å²) in [5, 5.41) is 3.03. The average molecular weight is 270 g/mol. The number of nitrogens with one attached hydrogen (secondary N) is 1. The van der Waals surface area contributed by atoms with E-state index < -0.39 is 5.82 Å². The molecule has 20 heavy (non-hydrogen) atoms. The third-order valence-corrected chi connectivity index (χ3v) is 3.69. The molecule has 0 atom stereocenters. The fraction of sp³-hybridized carbons (Fsp3) is 0.188. The van der Waals surface area contributed by atoms with Gasteiger partial charge in [-0.25, -0.2) is 4.39 Å². The largest absolute Gasteiger partial charge is 0.396 e. The molecule has 1 saturated carbocycles. The van der Waals surface area contributed by atoms with Crippen molar-refractivity contribution in [2.45, 2.75) is 18.4 Å². The number of amides is 1. The summed E-state index contributed by atoms with van der Waals surface area (Å²) in [6.07, 6.45) is 1.83. The lowest BCUT2D eigenvalue weighted by Gasteiger charge is -2.18. The second-order valence-corrected chi connectivity index (χ2v) is 5.14. The first kappa shape index (κ1) is 12.7. The van der Waals surface area contributed by atoms with Gasteiger partial charge in [-0.15, -0.1) is 0 Å². The van der Waals surface area contributed by atoms with Crippen LogP contribution in [0.4, 0.5) is 10.1 Å². The van der Waals surface area contributed by atoms with Crippen LogP contribution in [0.2, 0.25) is 0 Å². The SMILES string of the molecule is Nc1cc(C(=O)NC2(c3ccccc3)CC2)ccc1F. The summed E-state index contributed by atoms with van der Waals surface area (Å²) in [5.74, 6) is -0.733. The minimum Gasteiger partial charge on any atom is -0.396 e. The van der Waals surface area contributed by atoms with Crippen molar-refractivity contribution in [1.82, 2.24) is 5.32 Å². The monoisotopic (exact) mass is 270 g/mol. The molecule has 2 aromatic rings. The van der Waals surface area contributed by atoms with Crippen molar-refractivity contribution >= 4 is 11.6 Å². The van der Waals surface area contributed by atoms with Gasteiger partial charge in [0.1, 0.15) is 5.82 Å². The highest BCUT2D eigenvalue weighted by atomic mass is 19.1. The van der Waals surface area contributed by atoms with Crippen LogP contribution in [0.25, 0.3) is 0 Å². The number of carbonyl (C=O) groups excluding carboxylic acids is 1. The second kappa shape index (κ2) is 4.63. The Morgan fingerprint density at radius 2 is 1.85 bits per heavy atom. The van der Waals surface area contributed by atoms with Crippen LogP contribution in [0.1, 0.15) is 28.8 Å². The van der Waals surface area contributed by atoms with Crippen LogP contribution in [0.5, 0.6) is 0 Å². The molecule has 0 bridgehead atoms. The molecule has 0 aliphatic heterocycles. The van der Waals surface area contributed by atoms with Crippen LogP contribution in [-0.4, -0.2) is 5.91 Å². The third kappa shape index (κ3) is 2.25. The van der Waals surface area contributed by atoms with Crippen molar-refractivity contribution in [2.75, 3.05) is 5.73 Å². The van der Waals surface area contributed by atoms with Gasteiger partial charge in [0, 0.05) is 5.56 Å². The number of hydrogen-bond donors (Lipinski definition) is 2. The summed E-state index contributed by atoms with van der Waals surface area (Å²) >= 11 is 0. The predicted molar refractivity (Wildman–Crippen MR) is 75.6 cm³/mol. The maximum absolute atomic E-state index is 13.1. The maximum atomic E-state index is 13.1. The molecule has 1 aliphatic rings. The Kier molecular flexibility index (Phi) is 2.93. The molecule has 1 amide bonds. The van der Waals surface area contributed by atoms with E-state index in [0.717, 1.165) is 18.4 Å². The zero-order valence-electron chi connectivity index (χ0n) is 10.9. The summed E-state index contributed by atoms with van der Waals surface area (Å²) < 4.78 is 13.1. The molecule has 0 unspecified atom stereocenters. The Labute approximate surface area is 116 Å². The fourth-order valence-electron chi connectivity index (χ4n) is 2.34. The molecule has 4 heteroatoms. The van der Waals surface area contributed by atoms with Gasteiger partial charge in [0.15, 0.2) is 0 Å². The lowest BCUT2D eigenvalue weighted by Crippen LogP contribution is -2.34. The molecular weight excluding hydrogens is 255 g/mol. The molecule has 3 N–H and O–H groups in total. The van der Waals surface area contributed by atoms with E-state index >= 15 is 0 Å². The highest BCUT2D eigenvalue weighted by Gasteiger charge is 2.45. The Hall–Kier alpha value is -2.36. The molecule has 0 spiro atoms. The molecule has 2 aromatic carbocycles. The first-order valence-corrected chi connectivity index (χ1v) is 6.54. The third-order valence-electron chi connectivity index (χ3n) is 3.69. The van der Waals surface area contributed by atoms with Crippen LogP contribution in [-0.2, 0) is 5.54 Å². The van der Waals surface area contributed by atoms with E-state index in [1.54, 1.807) is 0 Å².